The highest BCUT2D eigenvalue weighted by molar-refractivity contribution is 5.96. The van der Waals surface area contributed by atoms with E-state index in [0.717, 1.165) is 6.92 Å². The standard InChI is InChI=1S/C21H28N4O10/c1-10(26)17(21(34)35)25-20(33)13(7-11-5-3-2-4-6-11)24-19(32)14(9-16(29)30)23-18(31)12(22)8-15(27)28/h2-6,10,12-14,17,26H,7-9,22H2,1H3,(H,23,31)(H,24,32)(H,25,33)(H,27,28)(H,29,30)(H,34,35). The Balaban J connectivity index is 3.13. The summed E-state index contributed by atoms with van der Waals surface area (Å²) in [5.74, 6) is -7.60. The molecule has 192 valence electrons. The first-order valence-electron chi connectivity index (χ1n) is 10.4. The van der Waals surface area contributed by atoms with Gasteiger partial charge in [0.15, 0.2) is 6.04 Å². The summed E-state index contributed by atoms with van der Waals surface area (Å²) in [5, 5.41) is 43.2. The van der Waals surface area contributed by atoms with E-state index < -0.39 is 78.7 Å². The molecule has 0 aliphatic rings. The Labute approximate surface area is 199 Å². The zero-order valence-corrected chi connectivity index (χ0v) is 18.7. The molecular formula is C21H28N4O10. The van der Waals surface area contributed by atoms with Gasteiger partial charge in [-0.05, 0) is 12.5 Å². The molecule has 14 nitrogen and oxygen atoms in total. The molecule has 0 aliphatic carbocycles. The van der Waals surface area contributed by atoms with Crippen molar-refractivity contribution in [3.05, 3.63) is 35.9 Å². The summed E-state index contributed by atoms with van der Waals surface area (Å²) in [6, 6.07) is 1.84. The van der Waals surface area contributed by atoms with Crippen molar-refractivity contribution in [1.82, 2.24) is 16.0 Å². The number of hydrogen-bond donors (Lipinski definition) is 8. The molecular weight excluding hydrogens is 468 g/mol. The van der Waals surface area contributed by atoms with Crippen LogP contribution in [-0.4, -0.2) is 86.3 Å². The topological polar surface area (TPSA) is 245 Å². The first-order valence-corrected chi connectivity index (χ1v) is 10.4. The molecule has 35 heavy (non-hydrogen) atoms. The van der Waals surface area contributed by atoms with Crippen molar-refractivity contribution in [2.45, 2.75) is 56.5 Å². The number of carboxylic acid groups (broad SMARTS) is 3. The van der Waals surface area contributed by atoms with Gasteiger partial charge in [0.2, 0.25) is 17.7 Å². The lowest BCUT2D eigenvalue weighted by Crippen LogP contribution is -2.59. The average Bonchev–Trinajstić information content (AvgIpc) is 2.75. The highest BCUT2D eigenvalue weighted by Crippen LogP contribution is 2.06. The van der Waals surface area contributed by atoms with Gasteiger partial charge in [0.25, 0.3) is 0 Å². The fourth-order valence-electron chi connectivity index (χ4n) is 2.92. The number of hydrogen-bond acceptors (Lipinski definition) is 8. The molecule has 1 rings (SSSR count). The number of rotatable bonds is 14. The van der Waals surface area contributed by atoms with Crippen molar-refractivity contribution < 1.29 is 49.2 Å². The molecule has 0 saturated heterocycles. The second-order valence-corrected chi connectivity index (χ2v) is 7.68. The van der Waals surface area contributed by atoms with Crippen LogP contribution in [0.3, 0.4) is 0 Å². The maximum absolute atomic E-state index is 12.8. The maximum Gasteiger partial charge on any atom is 0.328 e. The molecule has 1 aromatic rings. The van der Waals surface area contributed by atoms with Crippen LogP contribution in [0.15, 0.2) is 30.3 Å². The number of carboxylic acids is 3. The van der Waals surface area contributed by atoms with E-state index in [9.17, 15) is 39.0 Å². The zero-order valence-electron chi connectivity index (χ0n) is 18.7. The summed E-state index contributed by atoms with van der Waals surface area (Å²) in [7, 11) is 0. The fraction of sp³-hybridized carbons (Fsp3) is 0.429. The van der Waals surface area contributed by atoms with Crippen LogP contribution >= 0.6 is 0 Å². The second-order valence-electron chi connectivity index (χ2n) is 7.68. The molecule has 0 aliphatic heterocycles. The van der Waals surface area contributed by atoms with Gasteiger partial charge in [-0.3, -0.25) is 24.0 Å². The van der Waals surface area contributed by atoms with Gasteiger partial charge >= 0.3 is 17.9 Å². The number of nitrogens with one attached hydrogen (secondary N) is 3. The van der Waals surface area contributed by atoms with Gasteiger partial charge in [-0.1, -0.05) is 30.3 Å². The van der Waals surface area contributed by atoms with Gasteiger partial charge in [-0.15, -0.1) is 0 Å². The summed E-state index contributed by atoms with van der Waals surface area (Å²) >= 11 is 0. The molecule has 0 aromatic heterocycles. The van der Waals surface area contributed by atoms with E-state index in [1.54, 1.807) is 30.3 Å². The number of aliphatic hydroxyl groups excluding tert-OH is 1. The largest absolute Gasteiger partial charge is 0.481 e. The Bertz CT molecular complexity index is 937. The summed E-state index contributed by atoms with van der Waals surface area (Å²) < 4.78 is 0. The number of carbonyl (C=O) groups is 6. The van der Waals surface area contributed by atoms with Gasteiger partial charge in [0, 0.05) is 6.42 Å². The summed E-state index contributed by atoms with van der Waals surface area (Å²) in [4.78, 5) is 71.1. The molecule has 5 atom stereocenters. The van der Waals surface area contributed by atoms with Crippen LogP contribution in [-0.2, 0) is 35.2 Å². The monoisotopic (exact) mass is 496 g/mol. The molecule has 14 heteroatoms. The SMILES string of the molecule is CC(O)C(NC(=O)C(Cc1ccccc1)NC(=O)C(CC(=O)O)NC(=O)C(N)CC(=O)O)C(=O)O. The maximum atomic E-state index is 12.8. The summed E-state index contributed by atoms with van der Waals surface area (Å²) in [6.07, 6.45) is -3.30. The Hall–Kier alpha value is -4.04. The minimum absolute atomic E-state index is 0.142. The first kappa shape index (κ1) is 29.0. The molecule has 0 bridgehead atoms. The van der Waals surface area contributed by atoms with E-state index in [0.29, 0.717) is 5.56 Å². The summed E-state index contributed by atoms with van der Waals surface area (Å²) in [6.45, 7) is 1.14. The number of amides is 3. The Morgan fingerprint density at radius 3 is 1.80 bits per heavy atom. The molecule has 0 heterocycles. The van der Waals surface area contributed by atoms with Gasteiger partial charge < -0.3 is 42.1 Å². The lowest BCUT2D eigenvalue weighted by molar-refractivity contribution is -0.145. The van der Waals surface area contributed by atoms with Crippen LogP contribution in [0.1, 0.15) is 25.3 Å². The van der Waals surface area contributed by atoms with Crippen molar-refractivity contribution in [1.29, 1.82) is 0 Å². The Morgan fingerprint density at radius 2 is 1.31 bits per heavy atom. The lowest BCUT2D eigenvalue weighted by Gasteiger charge is -2.25. The first-order chi connectivity index (χ1) is 16.3. The van der Waals surface area contributed by atoms with Crippen molar-refractivity contribution in [3.8, 4) is 0 Å². The van der Waals surface area contributed by atoms with Crippen molar-refractivity contribution >= 4 is 35.6 Å². The molecule has 0 radical (unpaired) electrons. The number of benzene rings is 1. The van der Waals surface area contributed by atoms with Gasteiger partial charge in [0.05, 0.1) is 25.0 Å². The number of nitrogens with two attached hydrogens (primary N) is 1. The second kappa shape index (κ2) is 13.6. The van der Waals surface area contributed by atoms with Crippen molar-refractivity contribution in [3.63, 3.8) is 0 Å². The lowest BCUT2D eigenvalue weighted by atomic mass is 10.0. The molecule has 1 aromatic carbocycles. The van der Waals surface area contributed by atoms with Crippen molar-refractivity contribution in [2.75, 3.05) is 0 Å². The van der Waals surface area contributed by atoms with Crippen molar-refractivity contribution in [2.24, 2.45) is 5.73 Å². The fourth-order valence-corrected chi connectivity index (χ4v) is 2.92. The average molecular weight is 496 g/mol. The van der Waals surface area contributed by atoms with Crippen LogP contribution in [0.5, 0.6) is 0 Å². The van der Waals surface area contributed by atoms with Gasteiger partial charge in [-0.2, -0.15) is 0 Å². The number of aliphatic hydroxyl groups is 1. The Morgan fingerprint density at radius 1 is 0.800 bits per heavy atom. The predicted octanol–water partition coefficient (Wildman–Crippen LogP) is -2.57. The molecule has 9 N–H and O–H groups in total. The normalized spacial score (nSPS) is 14.9. The van der Waals surface area contributed by atoms with E-state index in [4.69, 9.17) is 15.9 Å². The molecule has 0 fully saturated rings. The minimum Gasteiger partial charge on any atom is -0.481 e. The highest BCUT2D eigenvalue weighted by Gasteiger charge is 2.33. The third kappa shape index (κ3) is 10.2. The van der Waals surface area contributed by atoms with Crippen LogP contribution in [0, 0.1) is 0 Å². The summed E-state index contributed by atoms with van der Waals surface area (Å²) in [5.41, 5.74) is 6.00. The Kier molecular flexibility index (Phi) is 11.3. The van der Waals surface area contributed by atoms with E-state index in [-0.39, 0.29) is 6.42 Å². The number of carbonyl (C=O) groups excluding carboxylic acids is 3. The van der Waals surface area contributed by atoms with Crippen LogP contribution in [0.4, 0.5) is 0 Å². The van der Waals surface area contributed by atoms with E-state index in [2.05, 4.69) is 16.0 Å². The molecule has 0 saturated carbocycles. The van der Waals surface area contributed by atoms with Crippen LogP contribution in [0.2, 0.25) is 0 Å². The van der Waals surface area contributed by atoms with Crippen LogP contribution < -0.4 is 21.7 Å². The third-order valence-corrected chi connectivity index (χ3v) is 4.70. The predicted molar refractivity (Wildman–Crippen MR) is 118 cm³/mol. The van der Waals surface area contributed by atoms with E-state index in [1.807, 2.05) is 0 Å². The quantitative estimate of drug-likeness (QED) is 0.133. The highest BCUT2D eigenvalue weighted by atomic mass is 16.4. The molecule has 5 unspecified atom stereocenters. The van der Waals surface area contributed by atoms with Crippen LogP contribution in [0.25, 0.3) is 0 Å². The van der Waals surface area contributed by atoms with E-state index in [1.165, 1.54) is 0 Å². The third-order valence-electron chi connectivity index (χ3n) is 4.70. The number of aliphatic carboxylic acids is 3. The van der Waals surface area contributed by atoms with E-state index >= 15 is 0 Å². The van der Waals surface area contributed by atoms with Gasteiger partial charge in [-0.25, -0.2) is 4.79 Å². The zero-order chi connectivity index (χ0) is 26.7. The molecule has 3 amide bonds. The van der Waals surface area contributed by atoms with Gasteiger partial charge in [0.1, 0.15) is 12.1 Å². The molecule has 0 spiro atoms. The smallest absolute Gasteiger partial charge is 0.328 e. The minimum atomic E-state index is -1.72.